The molecule has 2 rings (SSSR count). The Bertz CT molecular complexity index is 691. The van der Waals surface area contributed by atoms with Gasteiger partial charge in [0.05, 0.1) is 6.61 Å². The monoisotopic (exact) mass is 448 g/mol. The maximum atomic E-state index is 12.2. The summed E-state index contributed by atoms with van der Waals surface area (Å²) in [5.41, 5.74) is 0.678. The maximum Gasteiger partial charge on any atom is 0.410 e. The molecule has 0 saturated carbocycles. The van der Waals surface area contributed by atoms with Gasteiger partial charge in [0.1, 0.15) is 11.4 Å². The summed E-state index contributed by atoms with van der Waals surface area (Å²) >= 11 is 0. The molecular weight excluding hydrogens is 408 g/mol. The van der Waals surface area contributed by atoms with Crippen LogP contribution in [0.1, 0.15) is 72.1 Å². The van der Waals surface area contributed by atoms with Crippen LogP contribution < -0.4 is 9.64 Å². The van der Waals surface area contributed by atoms with Crippen molar-refractivity contribution >= 4 is 17.7 Å². The predicted molar refractivity (Wildman–Crippen MR) is 127 cm³/mol. The highest BCUT2D eigenvalue weighted by atomic mass is 16.6. The van der Waals surface area contributed by atoms with Crippen molar-refractivity contribution in [3.8, 4) is 5.75 Å². The van der Waals surface area contributed by atoms with Crippen molar-refractivity contribution in [2.75, 3.05) is 37.7 Å². The standard InChI is InChI=1S/C25H40N2O5/c1-25(2,3)32-24(30)27-18-16-26(17-19-27)21-12-14-22(15-13-21)31-20-10-8-6-4-5-7-9-11-23(28)29/h12-15H,4-11,16-20H2,1-3H3,(H,28,29). The van der Waals surface area contributed by atoms with E-state index in [0.29, 0.717) is 19.7 Å². The van der Waals surface area contributed by atoms with Crippen LogP contribution in [-0.4, -0.2) is 60.5 Å². The number of piperazine rings is 1. The van der Waals surface area contributed by atoms with Crippen molar-refractivity contribution in [1.29, 1.82) is 0 Å². The molecule has 1 amide bonds. The Balaban J connectivity index is 1.58. The van der Waals surface area contributed by atoms with E-state index in [0.717, 1.165) is 63.1 Å². The first-order valence-corrected chi connectivity index (χ1v) is 11.9. The van der Waals surface area contributed by atoms with Crippen LogP contribution in [0.2, 0.25) is 0 Å². The van der Waals surface area contributed by atoms with Crippen molar-refractivity contribution in [2.24, 2.45) is 0 Å². The zero-order valence-electron chi connectivity index (χ0n) is 20.0. The van der Waals surface area contributed by atoms with Crippen LogP contribution in [0.3, 0.4) is 0 Å². The van der Waals surface area contributed by atoms with Crippen molar-refractivity contribution in [2.45, 2.75) is 77.7 Å². The van der Waals surface area contributed by atoms with Crippen molar-refractivity contribution in [1.82, 2.24) is 4.90 Å². The van der Waals surface area contributed by atoms with Gasteiger partial charge in [-0.15, -0.1) is 0 Å². The molecule has 0 aliphatic carbocycles. The number of hydrogen-bond acceptors (Lipinski definition) is 5. The molecule has 0 unspecified atom stereocenters. The summed E-state index contributed by atoms with van der Waals surface area (Å²) in [4.78, 5) is 26.7. The van der Waals surface area contributed by atoms with Crippen LogP contribution in [0.4, 0.5) is 10.5 Å². The minimum absolute atomic E-state index is 0.237. The number of carbonyl (C=O) groups excluding carboxylic acids is 1. The van der Waals surface area contributed by atoms with Gasteiger partial charge in [-0.05, 0) is 57.9 Å². The molecule has 7 nitrogen and oxygen atoms in total. The third-order valence-electron chi connectivity index (χ3n) is 5.44. The highest BCUT2D eigenvalue weighted by molar-refractivity contribution is 5.68. The molecule has 1 aliphatic heterocycles. The van der Waals surface area contributed by atoms with Gasteiger partial charge >= 0.3 is 12.1 Å². The molecule has 1 aromatic rings. The molecular formula is C25H40N2O5. The van der Waals surface area contributed by atoms with Crippen LogP contribution in [-0.2, 0) is 9.53 Å². The van der Waals surface area contributed by atoms with E-state index >= 15 is 0 Å². The molecule has 1 N–H and O–H groups in total. The van der Waals surface area contributed by atoms with Crippen LogP contribution in [0, 0.1) is 0 Å². The highest BCUT2D eigenvalue weighted by Crippen LogP contribution is 2.22. The third-order valence-corrected chi connectivity index (χ3v) is 5.44. The lowest BCUT2D eigenvalue weighted by molar-refractivity contribution is -0.137. The van der Waals surface area contributed by atoms with Gasteiger partial charge in [0, 0.05) is 38.3 Å². The number of carboxylic acids is 1. The summed E-state index contributed by atoms with van der Waals surface area (Å²) in [5, 5.41) is 8.61. The lowest BCUT2D eigenvalue weighted by Gasteiger charge is -2.36. The molecule has 1 saturated heterocycles. The summed E-state index contributed by atoms with van der Waals surface area (Å²) in [6, 6.07) is 8.18. The Morgan fingerprint density at radius 3 is 2.00 bits per heavy atom. The largest absolute Gasteiger partial charge is 0.494 e. The number of rotatable bonds is 12. The molecule has 180 valence electrons. The first-order valence-electron chi connectivity index (χ1n) is 11.9. The van der Waals surface area contributed by atoms with Gasteiger partial charge in [-0.1, -0.05) is 32.1 Å². The number of ether oxygens (including phenoxy) is 2. The minimum atomic E-state index is -0.698. The van der Waals surface area contributed by atoms with E-state index in [9.17, 15) is 9.59 Å². The predicted octanol–water partition coefficient (Wildman–Crippen LogP) is 5.33. The third kappa shape index (κ3) is 10.2. The number of unbranched alkanes of at least 4 members (excludes halogenated alkanes) is 6. The van der Waals surface area contributed by atoms with E-state index in [2.05, 4.69) is 17.0 Å². The second kappa shape index (κ2) is 13.2. The molecule has 0 aromatic heterocycles. The summed E-state index contributed by atoms with van der Waals surface area (Å²) in [5.74, 6) is 0.186. The lowest BCUT2D eigenvalue weighted by Crippen LogP contribution is -2.50. The first-order chi connectivity index (χ1) is 15.2. The number of carboxylic acid groups (broad SMARTS) is 1. The molecule has 1 aromatic carbocycles. The van der Waals surface area contributed by atoms with E-state index < -0.39 is 11.6 Å². The molecule has 0 spiro atoms. The normalized spacial score (nSPS) is 14.3. The van der Waals surface area contributed by atoms with Gasteiger partial charge in [-0.2, -0.15) is 0 Å². The SMILES string of the molecule is CC(C)(C)OC(=O)N1CCN(c2ccc(OCCCCCCCCCC(=O)O)cc2)CC1. The quantitative estimate of drug-likeness (QED) is 0.436. The van der Waals surface area contributed by atoms with Crippen molar-refractivity contribution in [3.05, 3.63) is 24.3 Å². The average Bonchev–Trinajstić information content (AvgIpc) is 2.74. The molecule has 0 radical (unpaired) electrons. The molecule has 0 atom stereocenters. The maximum absolute atomic E-state index is 12.2. The van der Waals surface area contributed by atoms with E-state index in [1.165, 1.54) is 6.42 Å². The van der Waals surface area contributed by atoms with E-state index in [4.69, 9.17) is 14.6 Å². The van der Waals surface area contributed by atoms with Crippen molar-refractivity contribution in [3.63, 3.8) is 0 Å². The van der Waals surface area contributed by atoms with Crippen LogP contribution in [0.15, 0.2) is 24.3 Å². The van der Waals surface area contributed by atoms with E-state index in [1.54, 1.807) is 4.90 Å². The number of benzene rings is 1. The van der Waals surface area contributed by atoms with Crippen LogP contribution in [0.5, 0.6) is 5.75 Å². The Kier molecular flexibility index (Phi) is 10.6. The number of hydrogen-bond donors (Lipinski definition) is 1. The van der Waals surface area contributed by atoms with E-state index in [-0.39, 0.29) is 12.5 Å². The second-order valence-electron chi connectivity index (χ2n) is 9.42. The van der Waals surface area contributed by atoms with E-state index in [1.807, 2.05) is 32.9 Å². The van der Waals surface area contributed by atoms with Gasteiger partial charge in [-0.25, -0.2) is 4.79 Å². The van der Waals surface area contributed by atoms with Gasteiger partial charge in [0.2, 0.25) is 0 Å². The van der Waals surface area contributed by atoms with Crippen LogP contribution >= 0.6 is 0 Å². The average molecular weight is 449 g/mol. The molecule has 1 aliphatic rings. The molecule has 7 heteroatoms. The van der Waals surface area contributed by atoms with Gasteiger partial charge in [0.15, 0.2) is 0 Å². The first kappa shape index (κ1) is 25.8. The number of aliphatic carboxylic acids is 1. The fraction of sp³-hybridized carbons (Fsp3) is 0.680. The summed E-state index contributed by atoms with van der Waals surface area (Å²) in [6.07, 6.45) is 7.46. The molecule has 1 fully saturated rings. The van der Waals surface area contributed by atoms with Gasteiger partial charge in [0.25, 0.3) is 0 Å². The number of carbonyl (C=O) groups is 2. The van der Waals surface area contributed by atoms with Crippen molar-refractivity contribution < 1.29 is 24.2 Å². The Morgan fingerprint density at radius 1 is 0.875 bits per heavy atom. The van der Waals surface area contributed by atoms with Gasteiger partial charge in [-0.3, -0.25) is 4.79 Å². The zero-order valence-corrected chi connectivity index (χ0v) is 20.0. The Labute approximate surface area is 192 Å². The molecule has 0 bridgehead atoms. The van der Waals surface area contributed by atoms with Crippen LogP contribution in [0.25, 0.3) is 0 Å². The highest BCUT2D eigenvalue weighted by Gasteiger charge is 2.25. The topological polar surface area (TPSA) is 79.3 Å². The summed E-state index contributed by atoms with van der Waals surface area (Å²) in [7, 11) is 0. The zero-order chi connectivity index (χ0) is 23.4. The molecule has 32 heavy (non-hydrogen) atoms. The summed E-state index contributed by atoms with van der Waals surface area (Å²) < 4.78 is 11.3. The number of nitrogens with zero attached hydrogens (tertiary/aromatic N) is 2. The van der Waals surface area contributed by atoms with Gasteiger partial charge < -0.3 is 24.4 Å². The molecule has 1 heterocycles. The smallest absolute Gasteiger partial charge is 0.410 e. The fourth-order valence-electron chi connectivity index (χ4n) is 3.68. The lowest BCUT2D eigenvalue weighted by atomic mass is 10.1. The Hall–Kier alpha value is -2.44. The Morgan fingerprint density at radius 2 is 1.44 bits per heavy atom. The fourth-order valence-corrected chi connectivity index (χ4v) is 3.68. The summed E-state index contributed by atoms with van der Waals surface area (Å²) in [6.45, 7) is 9.27. The number of anilines is 1. The minimum Gasteiger partial charge on any atom is -0.494 e. The number of amides is 1. The second-order valence-corrected chi connectivity index (χ2v) is 9.42.